The van der Waals surface area contributed by atoms with E-state index in [2.05, 4.69) is 10.0 Å². The van der Waals surface area contributed by atoms with E-state index in [9.17, 15) is 18.0 Å². The maximum absolute atomic E-state index is 11.9. The van der Waals surface area contributed by atoms with Crippen LogP contribution < -0.4 is 10.0 Å². The summed E-state index contributed by atoms with van der Waals surface area (Å²) in [6, 6.07) is -2.11. The number of carboxylic acids is 1. The van der Waals surface area contributed by atoms with E-state index in [1.54, 1.807) is 27.7 Å². The number of hydrogen-bond donors (Lipinski definition) is 3. The Bertz CT molecular complexity index is 453. The van der Waals surface area contributed by atoms with Crippen LogP contribution in [-0.2, 0) is 19.6 Å². The summed E-state index contributed by atoms with van der Waals surface area (Å²) in [6.45, 7) is 8.13. The van der Waals surface area contributed by atoms with Crippen molar-refractivity contribution >= 4 is 21.9 Å². The normalized spacial score (nSPS) is 15.4. The van der Waals surface area contributed by atoms with Crippen LogP contribution in [0.15, 0.2) is 0 Å². The van der Waals surface area contributed by atoms with Crippen LogP contribution in [0.4, 0.5) is 0 Å². The minimum Gasteiger partial charge on any atom is -0.480 e. The molecule has 0 aliphatic carbocycles. The van der Waals surface area contributed by atoms with Crippen molar-refractivity contribution in [3.8, 4) is 0 Å². The van der Waals surface area contributed by atoms with Gasteiger partial charge in [0, 0.05) is 0 Å². The first kappa shape index (κ1) is 18.9. The van der Waals surface area contributed by atoms with Crippen LogP contribution in [0.2, 0.25) is 0 Å². The van der Waals surface area contributed by atoms with Gasteiger partial charge in [0.15, 0.2) is 0 Å². The van der Waals surface area contributed by atoms with Gasteiger partial charge in [0.2, 0.25) is 15.9 Å². The van der Waals surface area contributed by atoms with Gasteiger partial charge in [-0.15, -0.1) is 0 Å². The molecule has 0 saturated carbocycles. The standard InChI is InChI=1S/C12H24N2O5S/c1-6-7-20(18,19)14-8(2)10(15)13-9(11(16)17)12(3,4)5/h8-9,14H,6-7H2,1-5H3,(H,13,15)(H,16,17)/t8?,9-/m1/s1. The summed E-state index contributed by atoms with van der Waals surface area (Å²) in [5.41, 5.74) is -0.677. The second-order valence-corrected chi connectivity index (χ2v) is 7.68. The number of nitrogens with one attached hydrogen (secondary N) is 2. The molecule has 0 bridgehead atoms. The van der Waals surface area contributed by atoms with Crippen molar-refractivity contribution in [1.82, 2.24) is 10.0 Å². The molecule has 1 amide bonds. The van der Waals surface area contributed by atoms with Gasteiger partial charge in [-0.05, 0) is 18.8 Å². The number of sulfonamides is 1. The average Bonchev–Trinajstić information content (AvgIpc) is 2.22. The third-order valence-corrected chi connectivity index (χ3v) is 4.28. The number of carbonyl (C=O) groups is 2. The fraction of sp³-hybridized carbons (Fsp3) is 0.833. The Kier molecular flexibility index (Phi) is 6.63. The second kappa shape index (κ2) is 7.03. The Morgan fingerprint density at radius 2 is 1.75 bits per heavy atom. The van der Waals surface area contributed by atoms with Crippen molar-refractivity contribution in [1.29, 1.82) is 0 Å². The van der Waals surface area contributed by atoms with Gasteiger partial charge in [-0.2, -0.15) is 0 Å². The molecule has 0 rings (SSSR count). The fourth-order valence-electron chi connectivity index (χ4n) is 1.57. The molecule has 0 aromatic heterocycles. The van der Waals surface area contributed by atoms with Gasteiger partial charge in [-0.25, -0.2) is 17.9 Å². The molecule has 0 saturated heterocycles. The fourth-order valence-corrected chi connectivity index (χ4v) is 2.87. The highest BCUT2D eigenvalue weighted by Gasteiger charge is 2.34. The molecule has 0 aliphatic heterocycles. The topological polar surface area (TPSA) is 113 Å². The summed E-state index contributed by atoms with van der Waals surface area (Å²) < 4.78 is 25.3. The summed E-state index contributed by atoms with van der Waals surface area (Å²) in [5.74, 6) is -1.90. The van der Waals surface area contributed by atoms with Crippen LogP contribution in [0.1, 0.15) is 41.0 Å². The van der Waals surface area contributed by atoms with Crippen molar-refractivity contribution in [2.45, 2.75) is 53.1 Å². The molecule has 1 unspecified atom stereocenters. The Morgan fingerprint density at radius 3 is 2.10 bits per heavy atom. The lowest BCUT2D eigenvalue weighted by Crippen LogP contribution is -2.54. The molecule has 118 valence electrons. The Labute approximate surface area is 120 Å². The van der Waals surface area contributed by atoms with Gasteiger partial charge in [0.05, 0.1) is 11.8 Å². The van der Waals surface area contributed by atoms with Crippen molar-refractivity contribution < 1.29 is 23.1 Å². The monoisotopic (exact) mass is 308 g/mol. The molecule has 0 radical (unpaired) electrons. The summed E-state index contributed by atoms with van der Waals surface area (Å²) in [4.78, 5) is 23.0. The maximum Gasteiger partial charge on any atom is 0.326 e. The van der Waals surface area contributed by atoms with E-state index < -0.39 is 39.4 Å². The maximum atomic E-state index is 11.9. The number of amides is 1. The zero-order valence-corrected chi connectivity index (χ0v) is 13.4. The molecule has 20 heavy (non-hydrogen) atoms. The van der Waals surface area contributed by atoms with E-state index in [0.29, 0.717) is 6.42 Å². The van der Waals surface area contributed by atoms with Crippen molar-refractivity contribution in [2.75, 3.05) is 5.75 Å². The SMILES string of the molecule is CCCS(=O)(=O)NC(C)C(=O)N[C@H](C(=O)O)C(C)(C)C. The van der Waals surface area contributed by atoms with Crippen LogP contribution in [0.5, 0.6) is 0 Å². The van der Waals surface area contributed by atoms with Gasteiger partial charge in [0.1, 0.15) is 6.04 Å². The highest BCUT2D eigenvalue weighted by atomic mass is 32.2. The van der Waals surface area contributed by atoms with Crippen LogP contribution in [0, 0.1) is 5.41 Å². The lowest BCUT2D eigenvalue weighted by Gasteiger charge is -2.28. The van der Waals surface area contributed by atoms with Gasteiger partial charge >= 0.3 is 5.97 Å². The van der Waals surface area contributed by atoms with Gasteiger partial charge < -0.3 is 10.4 Å². The first-order chi connectivity index (χ1) is 8.90. The first-order valence-corrected chi connectivity index (χ1v) is 8.09. The van der Waals surface area contributed by atoms with E-state index >= 15 is 0 Å². The predicted molar refractivity (Wildman–Crippen MR) is 75.7 cm³/mol. The molecule has 0 fully saturated rings. The third-order valence-electron chi connectivity index (χ3n) is 2.62. The average molecular weight is 308 g/mol. The molecule has 2 atom stereocenters. The van der Waals surface area contributed by atoms with Crippen molar-refractivity contribution in [3.05, 3.63) is 0 Å². The summed E-state index contributed by atoms with van der Waals surface area (Å²) in [7, 11) is -3.53. The molecular formula is C12H24N2O5S. The van der Waals surface area contributed by atoms with Crippen molar-refractivity contribution in [2.24, 2.45) is 5.41 Å². The number of carboxylic acid groups (broad SMARTS) is 1. The second-order valence-electron chi connectivity index (χ2n) is 5.80. The third kappa shape index (κ3) is 6.33. The smallest absolute Gasteiger partial charge is 0.326 e. The van der Waals surface area contributed by atoms with Gasteiger partial charge in [0.25, 0.3) is 0 Å². The molecule has 3 N–H and O–H groups in total. The van der Waals surface area contributed by atoms with E-state index in [-0.39, 0.29) is 5.75 Å². The highest BCUT2D eigenvalue weighted by molar-refractivity contribution is 7.89. The van der Waals surface area contributed by atoms with Crippen LogP contribution in [0.3, 0.4) is 0 Å². The predicted octanol–water partition coefficient (Wildman–Crippen LogP) is 0.320. The number of rotatable bonds is 7. The van der Waals surface area contributed by atoms with E-state index in [4.69, 9.17) is 5.11 Å². The Balaban J connectivity index is 4.79. The van der Waals surface area contributed by atoms with Gasteiger partial charge in [-0.3, -0.25) is 4.79 Å². The Hall–Kier alpha value is -1.15. The number of hydrogen-bond acceptors (Lipinski definition) is 4. The lowest BCUT2D eigenvalue weighted by atomic mass is 9.86. The molecule has 0 aromatic carbocycles. The zero-order valence-electron chi connectivity index (χ0n) is 12.6. The molecule has 0 aliphatic rings. The molecule has 0 aromatic rings. The summed E-state index contributed by atoms with van der Waals surface area (Å²) >= 11 is 0. The lowest BCUT2D eigenvalue weighted by molar-refractivity contribution is -0.145. The van der Waals surface area contributed by atoms with Gasteiger partial charge in [-0.1, -0.05) is 27.7 Å². The van der Waals surface area contributed by atoms with Crippen molar-refractivity contribution in [3.63, 3.8) is 0 Å². The minimum atomic E-state index is -3.53. The van der Waals surface area contributed by atoms with E-state index in [1.807, 2.05) is 0 Å². The molecule has 8 heteroatoms. The molecule has 7 nitrogen and oxygen atoms in total. The quantitative estimate of drug-likeness (QED) is 0.627. The molecular weight excluding hydrogens is 284 g/mol. The van der Waals surface area contributed by atoms with E-state index in [0.717, 1.165) is 0 Å². The highest BCUT2D eigenvalue weighted by Crippen LogP contribution is 2.19. The summed E-state index contributed by atoms with van der Waals surface area (Å²) in [6.07, 6.45) is 0.434. The minimum absolute atomic E-state index is 0.0771. The van der Waals surface area contributed by atoms with E-state index in [1.165, 1.54) is 6.92 Å². The van der Waals surface area contributed by atoms with Crippen LogP contribution >= 0.6 is 0 Å². The first-order valence-electron chi connectivity index (χ1n) is 6.44. The van der Waals surface area contributed by atoms with Crippen LogP contribution in [0.25, 0.3) is 0 Å². The molecule has 0 heterocycles. The molecule has 0 spiro atoms. The number of carbonyl (C=O) groups excluding carboxylic acids is 1. The largest absolute Gasteiger partial charge is 0.480 e. The Morgan fingerprint density at radius 1 is 1.25 bits per heavy atom. The summed E-state index contributed by atoms with van der Waals surface area (Å²) in [5, 5.41) is 11.5. The number of aliphatic carboxylic acids is 1. The zero-order chi connectivity index (χ0) is 16.1. The van der Waals surface area contributed by atoms with Crippen LogP contribution in [-0.4, -0.2) is 43.2 Å².